The molecule has 138 valence electrons. The summed E-state index contributed by atoms with van der Waals surface area (Å²) in [6.07, 6.45) is 0.0840. The van der Waals surface area contributed by atoms with Gasteiger partial charge in [-0.25, -0.2) is 0 Å². The highest BCUT2D eigenvalue weighted by molar-refractivity contribution is 5.93. The van der Waals surface area contributed by atoms with Gasteiger partial charge in [-0.3, -0.25) is 9.59 Å². The van der Waals surface area contributed by atoms with Crippen LogP contribution in [0.4, 0.5) is 5.69 Å². The van der Waals surface area contributed by atoms with Crippen LogP contribution >= 0.6 is 0 Å². The molecule has 3 aromatic rings. The lowest BCUT2D eigenvalue weighted by Gasteiger charge is -2.05. The van der Waals surface area contributed by atoms with Crippen LogP contribution in [-0.4, -0.2) is 29.2 Å². The molecular weight excluding hydrogens is 346 g/mol. The van der Waals surface area contributed by atoms with E-state index in [9.17, 15) is 9.59 Å². The Labute approximate surface area is 156 Å². The van der Waals surface area contributed by atoms with Gasteiger partial charge in [0.2, 0.25) is 17.7 Å². The maximum atomic E-state index is 11.9. The van der Waals surface area contributed by atoms with E-state index in [1.54, 1.807) is 18.2 Å². The molecule has 1 heterocycles. The molecule has 0 aliphatic carbocycles. The van der Waals surface area contributed by atoms with E-state index < -0.39 is 5.97 Å². The van der Waals surface area contributed by atoms with Crippen molar-refractivity contribution in [1.29, 1.82) is 0 Å². The van der Waals surface area contributed by atoms with Crippen molar-refractivity contribution < 1.29 is 18.7 Å². The number of nitrogens with one attached hydrogen (secondary N) is 1. The third-order valence-corrected chi connectivity index (χ3v) is 3.90. The second-order valence-electron chi connectivity index (χ2n) is 5.98. The lowest BCUT2D eigenvalue weighted by atomic mass is 10.1. The number of anilines is 1. The standard InChI is InChI=1S/C20H19N3O4/c1-13-6-8-14(9-7-13)19-22-23-20(27-19)15-4-3-5-16(12-15)21-17(24)10-11-18(25)26-2/h3-9,12H,10-11H2,1-2H3,(H,21,24). The molecule has 0 bridgehead atoms. The Kier molecular flexibility index (Phi) is 5.61. The van der Waals surface area contributed by atoms with Crippen LogP contribution in [0.1, 0.15) is 18.4 Å². The van der Waals surface area contributed by atoms with Crippen LogP contribution < -0.4 is 5.32 Å². The van der Waals surface area contributed by atoms with Crippen LogP contribution in [0, 0.1) is 6.92 Å². The fourth-order valence-electron chi connectivity index (χ4n) is 2.42. The van der Waals surface area contributed by atoms with Crippen molar-refractivity contribution in [2.75, 3.05) is 12.4 Å². The molecule has 1 amide bonds. The van der Waals surface area contributed by atoms with Crippen LogP contribution in [0.25, 0.3) is 22.9 Å². The van der Waals surface area contributed by atoms with Crippen molar-refractivity contribution in [2.45, 2.75) is 19.8 Å². The molecule has 3 rings (SSSR count). The summed E-state index contributed by atoms with van der Waals surface area (Å²) in [6, 6.07) is 14.9. The molecule has 1 aromatic heterocycles. The first kappa shape index (κ1) is 18.3. The van der Waals surface area contributed by atoms with Crippen molar-refractivity contribution in [3.8, 4) is 22.9 Å². The topological polar surface area (TPSA) is 94.3 Å². The van der Waals surface area contributed by atoms with Crippen LogP contribution in [-0.2, 0) is 14.3 Å². The molecular formula is C20H19N3O4. The number of carbonyl (C=O) groups excluding carboxylic acids is 2. The number of amides is 1. The Morgan fingerprint density at radius 1 is 1.00 bits per heavy atom. The fraction of sp³-hybridized carbons (Fsp3) is 0.200. The number of aromatic nitrogens is 2. The Morgan fingerprint density at radius 2 is 1.70 bits per heavy atom. The molecule has 7 heteroatoms. The normalized spacial score (nSPS) is 10.4. The highest BCUT2D eigenvalue weighted by atomic mass is 16.5. The van der Waals surface area contributed by atoms with Crippen LogP contribution in [0.2, 0.25) is 0 Å². The summed E-state index contributed by atoms with van der Waals surface area (Å²) in [6.45, 7) is 2.01. The molecule has 0 atom stereocenters. The first-order valence-corrected chi connectivity index (χ1v) is 8.43. The van der Waals surface area contributed by atoms with Crippen molar-refractivity contribution in [1.82, 2.24) is 10.2 Å². The van der Waals surface area contributed by atoms with E-state index in [4.69, 9.17) is 4.42 Å². The number of benzene rings is 2. The van der Waals surface area contributed by atoms with E-state index in [1.807, 2.05) is 37.3 Å². The highest BCUT2D eigenvalue weighted by Gasteiger charge is 2.12. The van der Waals surface area contributed by atoms with Crippen LogP contribution in [0.3, 0.4) is 0 Å². The van der Waals surface area contributed by atoms with Gasteiger partial charge in [-0.05, 0) is 37.3 Å². The fourth-order valence-corrected chi connectivity index (χ4v) is 2.42. The zero-order valence-electron chi connectivity index (χ0n) is 15.1. The minimum atomic E-state index is -0.423. The Hall–Kier alpha value is -3.48. The number of methoxy groups -OCH3 is 1. The molecule has 0 fully saturated rings. The monoisotopic (exact) mass is 365 g/mol. The van der Waals surface area contributed by atoms with E-state index in [1.165, 1.54) is 7.11 Å². The zero-order chi connectivity index (χ0) is 19.2. The molecule has 7 nitrogen and oxygen atoms in total. The van der Waals surface area contributed by atoms with Gasteiger partial charge < -0.3 is 14.5 Å². The number of nitrogens with zero attached hydrogens (tertiary/aromatic N) is 2. The van der Waals surface area contributed by atoms with Gasteiger partial charge >= 0.3 is 5.97 Å². The highest BCUT2D eigenvalue weighted by Crippen LogP contribution is 2.26. The Morgan fingerprint density at radius 3 is 2.41 bits per heavy atom. The first-order valence-electron chi connectivity index (χ1n) is 8.43. The number of ether oxygens (including phenoxy) is 1. The predicted octanol–water partition coefficient (Wildman–Crippen LogP) is 3.60. The van der Waals surface area contributed by atoms with Gasteiger partial charge in [0.05, 0.1) is 13.5 Å². The third kappa shape index (κ3) is 4.78. The molecule has 2 aromatic carbocycles. The van der Waals surface area contributed by atoms with Gasteiger partial charge in [0.25, 0.3) is 0 Å². The molecule has 0 unspecified atom stereocenters. The van der Waals surface area contributed by atoms with Gasteiger partial charge in [-0.15, -0.1) is 10.2 Å². The largest absolute Gasteiger partial charge is 0.469 e. The Bertz CT molecular complexity index is 948. The molecule has 0 aliphatic rings. The maximum absolute atomic E-state index is 11.9. The lowest BCUT2D eigenvalue weighted by Crippen LogP contribution is -2.13. The van der Waals surface area contributed by atoms with E-state index >= 15 is 0 Å². The summed E-state index contributed by atoms with van der Waals surface area (Å²) in [4.78, 5) is 23.0. The van der Waals surface area contributed by atoms with Crippen molar-refractivity contribution >= 4 is 17.6 Å². The average Bonchev–Trinajstić information content (AvgIpc) is 3.17. The number of hydrogen-bond acceptors (Lipinski definition) is 6. The second kappa shape index (κ2) is 8.27. The van der Waals surface area contributed by atoms with Crippen molar-refractivity contribution in [3.05, 3.63) is 54.1 Å². The quantitative estimate of drug-likeness (QED) is 0.671. The third-order valence-electron chi connectivity index (χ3n) is 3.90. The van der Waals surface area contributed by atoms with Crippen LogP contribution in [0.5, 0.6) is 0 Å². The number of esters is 1. The zero-order valence-corrected chi connectivity index (χ0v) is 15.1. The number of carbonyl (C=O) groups is 2. The summed E-state index contributed by atoms with van der Waals surface area (Å²) < 4.78 is 10.3. The molecule has 0 aliphatic heterocycles. The smallest absolute Gasteiger partial charge is 0.306 e. The summed E-state index contributed by atoms with van der Waals surface area (Å²) in [5, 5.41) is 10.9. The molecule has 0 spiro atoms. The minimum Gasteiger partial charge on any atom is -0.469 e. The predicted molar refractivity (Wildman–Crippen MR) is 99.8 cm³/mol. The minimum absolute atomic E-state index is 0.0333. The van der Waals surface area contributed by atoms with Gasteiger partial charge in [-0.2, -0.15) is 0 Å². The Balaban J connectivity index is 1.71. The van der Waals surface area contributed by atoms with Crippen molar-refractivity contribution in [3.63, 3.8) is 0 Å². The lowest BCUT2D eigenvalue weighted by molar-refractivity contribution is -0.141. The number of aryl methyl sites for hydroxylation is 1. The number of hydrogen-bond donors (Lipinski definition) is 1. The SMILES string of the molecule is COC(=O)CCC(=O)Nc1cccc(-c2nnc(-c3ccc(C)cc3)o2)c1. The first-order chi connectivity index (χ1) is 13.0. The van der Waals surface area contributed by atoms with E-state index in [2.05, 4.69) is 20.3 Å². The van der Waals surface area contributed by atoms with E-state index in [0.717, 1.165) is 11.1 Å². The molecule has 27 heavy (non-hydrogen) atoms. The maximum Gasteiger partial charge on any atom is 0.306 e. The van der Waals surface area contributed by atoms with E-state index in [0.29, 0.717) is 23.0 Å². The summed E-state index contributed by atoms with van der Waals surface area (Å²) in [5.41, 5.74) is 3.25. The second-order valence-corrected chi connectivity index (χ2v) is 5.98. The summed E-state index contributed by atoms with van der Waals surface area (Å²) in [5.74, 6) is 0.0885. The molecule has 0 saturated carbocycles. The number of rotatable bonds is 6. The average molecular weight is 365 g/mol. The van der Waals surface area contributed by atoms with Gasteiger partial charge in [0.15, 0.2) is 0 Å². The van der Waals surface area contributed by atoms with E-state index in [-0.39, 0.29) is 18.7 Å². The van der Waals surface area contributed by atoms with Crippen LogP contribution in [0.15, 0.2) is 52.9 Å². The molecule has 1 N–H and O–H groups in total. The van der Waals surface area contributed by atoms with Crippen molar-refractivity contribution in [2.24, 2.45) is 0 Å². The van der Waals surface area contributed by atoms with Gasteiger partial charge in [0.1, 0.15) is 0 Å². The molecule has 0 saturated heterocycles. The van der Waals surface area contributed by atoms with Gasteiger partial charge in [0, 0.05) is 23.2 Å². The summed E-state index contributed by atoms with van der Waals surface area (Å²) >= 11 is 0. The molecule has 0 radical (unpaired) electrons. The van der Waals surface area contributed by atoms with Gasteiger partial charge in [-0.1, -0.05) is 23.8 Å². The summed E-state index contributed by atoms with van der Waals surface area (Å²) in [7, 11) is 1.29.